The molecule has 0 amide bonds. The summed E-state index contributed by atoms with van der Waals surface area (Å²) in [4.78, 5) is 22.3. The summed E-state index contributed by atoms with van der Waals surface area (Å²) in [7, 11) is 0. The van der Waals surface area contributed by atoms with E-state index in [-0.39, 0.29) is 19.0 Å². The molecule has 0 bridgehead atoms. The Morgan fingerprint density at radius 1 is 1.18 bits per heavy atom. The van der Waals surface area contributed by atoms with Gasteiger partial charge in [-0.25, -0.2) is 0 Å². The standard InChI is InChI=1S/C12H19NO4/c1-9(14)12(6-13,7-16-10(2)15)8-17-11(3,4)5/h7-8H2,1-5H3. The van der Waals surface area contributed by atoms with Crippen molar-refractivity contribution < 1.29 is 19.1 Å². The van der Waals surface area contributed by atoms with E-state index >= 15 is 0 Å². The summed E-state index contributed by atoms with van der Waals surface area (Å²) in [6.07, 6.45) is 0. The molecule has 5 nitrogen and oxygen atoms in total. The monoisotopic (exact) mass is 241 g/mol. The Morgan fingerprint density at radius 3 is 2.00 bits per heavy atom. The molecule has 0 aliphatic rings. The van der Waals surface area contributed by atoms with E-state index in [0.29, 0.717) is 0 Å². The molecule has 0 N–H and O–H groups in total. The summed E-state index contributed by atoms with van der Waals surface area (Å²) in [6.45, 7) is 7.62. The molecule has 0 saturated carbocycles. The maximum Gasteiger partial charge on any atom is 0.302 e. The van der Waals surface area contributed by atoms with Gasteiger partial charge in [-0.3, -0.25) is 9.59 Å². The van der Waals surface area contributed by atoms with E-state index in [2.05, 4.69) is 0 Å². The van der Waals surface area contributed by atoms with E-state index in [1.807, 2.05) is 26.8 Å². The minimum atomic E-state index is -1.42. The SMILES string of the molecule is CC(=O)OCC(C#N)(COC(C)(C)C)C(C)=O. The number of ketones is 1. The van der Waals surface area contributed by atoms with Crippen molar-refractivity contribution in [2.45, 2.75) is 40.2 Å². The highest BCUT2D eigenvalue weighted by Crippen LogP contribution is 2.22. The normalized spacial score (nSPS) is 14.6. The van der Waals surface area contributed by atoms with Crippen molar-refractivity contribution in [2.24, 2.45) is 5.41 Å². The molecular formula is C12H19NO4. The van der Waals surface area contributed by atoms with Crippen molar-refractivity contribution in [1.29, 1.82) is 5.26 Å². The Morgan fingerprint density at radius 2 is 1.71 bits per heavy atom. The summed E-state index contributed by atoms with van der Waals surface area (Å²) < 4.78 is 10.2. The van der Waals surface area contributed by atoms with E-state index in [1.165, 1.54) is 13.8 Å². The number of hydrogen-bond acceptors (Lipinski definition) is 5. The third-order valence-electron chi connectivity index (χ3n) is 2.16. The predicted molar refractivity (Wildman–Crippen MR) is 61.1 cm³/mol. The first-order chi connectivity index (χ1) is 7.63. The first-order valence-electron chi connectivity index (χ1n) is 5.32. The van der Waals surface area contributed by atoms with Crippen molar-refractivity contribution in [3.05, 3.63) is 0 Å². The van der Waals surface area contributed by atoms with Crippen molar-refractivity contribution in [2.75, 3.05) is 13.2 Å². The molecule has 5 heteroatoms. The van der Waals surface area contributed by atoms with Crippen LogP contribution in [0.1, 0.15) is 34.6 Å². The summed E-state index contributed by atoms with van der Waals surface area (Å²) in [5.41, 5.74) is -1.88. The molecule has 0 aliphatic heterocycles. The second-order valence-corrected chi connectivity index (χ2v) is 4.93. The van der Waals surface area contributed by atoms with Gasteiger partial charge >= 0.3 is 5.97 Å². The van der Waals surface area contributed by atoms with Gasteiger partial charge in [0.25, 0.3) is 0 Å². The van der Waals surface area contributed by atoms with Crippen LogP contribution in [0.4, 0.5) is 0 Å². The van der Waals surface area contributed by atoms with Gasteiger partial charge < -0.3 is 9.47 Å². The fourth-order valence-corrected chi connectivity index (χ4v) is 0.953. The molecule has 0 fully saturated rings. The van der Waals surface area contributed by atoms with Crippen LogP contribution in [0.15, 0.2) is 0 Å². The van der Waals surface area contributed by atoms with Gasteiger partial charge in [-0.15, -0.1) is 0 Å². The van der Waals surface area contributed by atoms with E-state index < -0.39 is 17.0 Å². The highest BCUT2D eigenvalue weighted by atomic mass is 16.5. The van der Waals surface area contributed by atoms with Gasteiger partial charge in [0.2, 0.25) is 0 Å². The first-order valence-corrected chi connectivity index (χ1v) is 5.32. The van der Waals surface area contributed by atoms with Crippen LogP contribution < -0.4 is 0 Å². The van der Waals surface area contributed by atoms with Crippen LogP contribution >= 0.6 is 0 Å². The number of hydrogen-bond donors (Lipinski definition) is 0. The average molecular weight is 241 g/mol. The van der Waals surface area contributed by atoms with Crippen molar-refractivity contribution in [3.8, 4) is 6.07 Å². The molecule has 17 heavy (non-hydrogen) atoms. The molecule has 0 rings (SSSR count). The number of ether oxygens (including phenoxy) is 2. The molecule has 0 aromatic heterocycles. The average Bonchev–Trinajstić information content (AvgIpc) is 2.16. The lowest BCUT2D eigenvalue weighted by Crippen LogP contribution is -2.40. The van der Waals surface area contributed by atoms with Crippen molar-refractivity contribution in [3.63, 3.8) is 0 Å². The van der Waals surface area contributed by atoms with E-state index in [1.54, 1.807) is 0 Å². The third kappa shape index (κ3) is 5.45. The summed E-state index contributed by atoms with van der Waals surface area (Å²) in [5.74, 6) is -0.896. The quantitative estimate of drug-likeness (QED) is 0.681. The number of Topliss-reactive ketones (excluding diaryl/α,β-unsaturated/α-hetero) is 1. The fourth-order valence-electron chi connectivity index (χ4n) is 0.953. The Kier molecular flexibility index (Phi) is 5.30. The van der Waals surface area contributed by atoms with Gasteiger partial charge in [-0.2, -0.15) is 5.26 Å². The number of carbonyl (C=O) groups is 2. The first kappa shape index (κ1) is 15.6. The second kappa shape index (κ2) is 5.78. The van der Waals surface area contributed by atoms with Gasteiger partial charge in [0.1, 0.15) is 6.61 Å². The maximum atomic E-state index is 11.5. The molecule has 0 spiro atoms. The van der Waals surface area contributed by atoms with Crippen LogP contribution in [-0.4, -0.2) is 30.6 Å². The molecule has 0 saturated heterocycles. The lowest BCUT2D eigenvalue weighted by molar-refractivity contribution is -0.149. The highest BCUT2D eigenvalue weighted by Gasteiger charge is 2.39. The summed E-state index contributed by atoms with van der Waals surface area (Å²) in [6, 6.07) is 1.89. The summed E-state index contributed by atoms with van der Waals surface area (Å²) in [5, 5.41) is 9.11. The van der Waals surface area contributed by atoms with Crippen LogP contribution in [0, 0.1) is 16.7 Å². The molecule has 1 unspecified atom stereocenters. The molecule has 0 aromatic rings. The zero-order valence-electron chi connectivity index (χ0n) is 11.0. The van der Waals surface area contributed by atoms with Crippen LogP contribution in [0.3, 0.4) is 0 Å². The van der Waals surface area contributed by atoms with Crippen LogP contribution in [0.2, 0.25) is 0 Å². The molecule has 96 valence electrons. The van der Waals surface area contributed by atoms with E-state index in [0.717, 1.165) is 0 Å². The van der Waals surface area contributed by atoms with Crippen LogP contribution in [-0.2, 0) is 19.1 Å². The Bertz CT molecular complexity index is 337. The van der Waals surface area contributed by atoms with Crippen LogP contribution in [0.25, 0.3) is 0 Å². The smallest absolute Gasteiger partial charge is 0.302 e. The number of nitriles is 1. The Hall–Kier alpha value is -1.41. The molecule has 0 heterocycles. The number of esters is 1. The zero-order chi connectivity index (χ0) is 13.7. The molecule has 0 aromatic carbocycles. The zero-order valence-corrected chi connectivity index (χ0v) is 11.0. The molecule has 1 atom stereocenters. The maximum absolute atomic E-state index is 11.5. The lowest BCUT2D eigenvalue weighted by atomic mass is 9.87. The number of rotatable bonds is 5. The van der Waals surface area contributed by atoms with Gasteiger partial charge in [0.15, 0.2) is 11.2 Å². The van der Waals surface area contributed by atoms with Gasteiger partial charge in [0.05, 0.1) is 18.3 Å². The highest BCUT2D eigenvalue weighted by molar-refractivity contribution is 5.85. The number of carbonyl (C=O) groups excluding carboxylic acids is 2. The van der Waals surface area contributed by atoms with Gasteiger partial charge in [-0.05, 0) is 27.7 Å². The largest absolute Gasteiger partial charge is 0.464 e. The molecular weight excluding hydrogens is 222 g/mol. The fraction of sp³-hybridized carbons (Fsp3) is 0.750. The predicted octanol–water partition coefficient (Wildman–Crippen LogP) is 1.46. The second-order valence-electron chi connectivity index (χ2n) is 4.93. The third-order valence-corrected chi connectivity index (χ3v) is 2.16. The van der Waals surface area contributed by atoms with Crippen molar-refractivity contribution in [1.82, 2.24) is 0 Å². The van der Waals surface area contributed by atoms with Crippen LogP contribution in [0.5, 0.6) is 0 Å². The topological polar surface area (TPSA) is 76.4 Å². The van der Waals surface area contributed by atoms with E-state index in [9.17, 15) is 9.59 Å². The molecule has 0 radical (unpaired) electrons. The van der Waals surface area contributed by atoms with Crippen molar-refractivity contribution >= 4 is 11.8 Å². The summed E-state index contributed by atoms with van der Waals surface area (Å²) >= 11 is 0. The van der Waals surface area contributed by atoms with Gasteiger partial charge in [0, 0.05) is 6.92 Å². The van der Waals surface area contributed by atoms with Gasteiger partial charge in [-0.1, -0.05) is 0 Å². The molecule has 0 aliphatic carbocycles. The lowest BCUT2D eigenvalue weighted by Gasteiger charge is -2.28. The van der Waals surface area contributed by atoms with E-state index in [4.69, 9.17) is 14.7 Å². The number of nitrogens with zero attached hydrogens (tertiary/aromatic N) is 1. The Balaban J connectivity index is 4.79. The minimum absolute atomic E-state index is 0.0877. The Labute approximate surface area is 102 Å². The minimum Gasteiger partial charge on any atom is -0.464 e.